The SMILES string of the molecule is CCN(CCNS(C)(=O)=O)c1cc(C)c2nc3c4ccccc4/c(=N\c4cccnc4)cc-3oc2c1. The van der Waals surface area contributed by atoms with Crippen LogP contribution in [0.3, 0.4) is 0 Å². The van der Waals surface area contributed by atoms with Crippen molar-refractivity contribution in [2.75, 3.05) is 30.8 Å². The number of rotatable bonds is 7. The maximum absolute atomic E-state index is 11.5. The van der Waals surface area contributed by atoms with Gasteiger partial charge in [0.25, 0.3) is 0 Å². The van der Waals surface area contributed by atoms with E-state index < -0.39 is 10.0 Å². The second kappa shape index (κ2) is 9.67. The molecule has 0 spiro atoms. The zero-order valence-corrected chi connectivity index (χ0v) is 21.2. The van der Waals surface area contributed by atoms with Crippen LogP contribution in [0.4, 0.5) is 11.4 Å². The minimum Gasteiger partial charge on any atom is -0.453 e. The van der Waals surface area contributed by atoms with Crippen LogP contribution in [-0.4, -0.2) is 44.3 Å². The van der Waals surface area contributed by atoms with Crippen molar-refractivity contribution in [2.45, 2.75) is 13.8 Å². The molecule has 1 aliphatic carbocycles. The zero-order valence-electron chi connectivity index (χ0n) is 20.4. The molecule has 9 heteroatoms. The number of fused-ring (bicyclic) bond motifs is 4. The molecule has 36 heavy (non-hydrogen) atoms. The number of hydrogen-bond donors (Lipinski definition) is 1. The fraction of sp³-hybridized carbons (Fsp3) is 0.222. The third-order valence-corrected chi connectivity index (χ3v) is 6.77. The van der Waals surface area contributed by atoms with E-state index in [-0.39, 0.29) is 0 Å². The highest BCUT2D eigenvalue weighted by Gasteiger charge is 2.17. The molecule has 1 aliphatic heterocycles. The van der Waals surface area contributed by atoms with E-state index in [9.17, 15) is 8.42 Å². The number of aromatic nitrogens is 2. The second-order valence-corrected chi connectivity index (χ2v) is 10.5. The van der Waals surface area contributed by atoms with E-state index in [0.717, 1.165) is 57.1 Å². The largest absolute Gasteiger partial charge is 0.453 e. The van der Waals surface area contributed by atoms with Gasteiger partial charge >= 0.3 is 0 Å². The first-order valence-corrected chi connectivity index (χ1v) is 13.6. The summed E-state index contributed by atoms with van der Waals surface area (Å²) in [5.41, 5.74) is 4.92. The number of likely N-dealkylation sites (N-methyl/N-ethyl adjacent to an activating group) is 1. The number of nitrogens with zero attached hydrogens (tertiary/aromatic N) is 4. The van der Waals surface area contributed by atoms with Gasteiger partial charge in [0.2, 0.25) is 10.0 Å². The smallest absolute Gasteiger partial charge is 0.208 e. The van der Waals surface area contributed by atoms with E-state index >= 15 is 0 Å². The molecule has 0 saturated carbocycles. The molecule has 2 heterocycles. The Kier molecular flexibility index (Phi) is 6.42. The Bertz CT molecular complexity index is 1700. The summed E-state index contributed by atoms with van der Waals surface area (Å²) < 4.78 is 31.9. The van der Waals surface area contributed by atoms with Crippen LogP contribution in [0, 0.1) is 6.92 Å². The molecular formula is C27H27N5O3S. The Labute approximate surface area is 209 Å². The van der Waals surface area contributed by atoms with Gasteiger partial charge in [-0.05, 0) is 37.6 Å². The van der Waals surface area contributed by atoms with Gasteiger partial charge < -0.3 is 9.32 Å². The van der Waals surface area contributed by atoms with Gasteiger partial charge in [-0.2, -0.15) is 0 Å². The Balaban J connectivity index is 1.66. The molecule has 0 saturated heterocycles. The van der Waals surface area contributed by atoms with Crippen LogP contribution in [0.5, 0.6) is 0 Å². The van der Waals surface area contributed by atoms with Crippen molar-refractivity contribution >= 4 is 43.3 Å². The van der Waals surface area contributed by atoms with Gasteiger partial charge in [-0.1, -0.05) is 24.3 Å². The number of benzene rings is 3. The van der Waals surface area contributed by atoms with Crippen molar-refractivity contribution in [2.24, 2.45) is 4.99 Å². The summed E-state index contributed by atoms with van der Waals surface area (Å²) in [4.78, 5) is 16.1. The lowest BCUT2D eigenvalue weighted by Gasteiger charge is -2.24. The van der Waals surface area contributed by atoms with Crippen molar-refractivity contribution in [3.8, 4) is 11.5 Å². The van der Waals surface area contributed by atoms with Gasteiger partial charge in [-0.25, -0.2) is 23.1 Å². The first kappa shape index (κ1) is 23.9. The van der Waals surface area contributed by atoms with E-state index in [1.54, 1.807) is 12.4 Å². The van der Waals surface area contributed by atoms with Gasteiger partial charge in [0, 0.05) is 54.4 Å². The number of pyridine rings is 1. The molecule has 2 aromatic carbocycles. The maximum Gasteiger partial charge on any atom is 0.208 e. The van der Waals surface area contributed by atoms with Gasteiger partial charge in [-0.3, -0.25) is 4.98 Å². The fourth-order valence-electron chi connectivity index (χ4n) is 4.36. The van der Waals surface area contributed by atoms with E-state index in [2.05, 4.69) is 20.7 Å². The van der Waals surface area contributed by atoms with Crippen LogP contribution in [0.2, 0.25) is 0 Å². The molecular weight excluding hydrogens is 474 g/mol. The van der Waals surface area contributed by atoms with Gasteiger partial charge in [-0.15, -0.1) is 0 Å². The van der Waals surface area contributed by atoms with E-state index in [1.807, 2.05) is 62.4 Å². The lowest BCUT2D eigenvalue weighted by atomic mass is 10.0. The van der Waals surface area contributed by atoms with Crippen molar-refractivity contribution in [1.29, 1.82) is 0 Å². The number of hydrogen-bond acceptors (Lipinski definition) is 7. The minimum absolute atomic E-state index is 0.321. The normalized spacial score (nSPS) is 12.6. The molecule has 0 amide bonds. The predicted octanol–water partition coefficient (Wildman–Crippen LogP) is 4.40. The number of aryl methyl sites for hydroxylation is 1. The van der Waals surface area contributed by atoms with Crippen LogP contribution in [0.15, 0.2) is 76.4 Å². The molecule has 0 unspecified atom stereocenters. The summed E-state index contributed by atoms with van der Waals surface area (Å²) in [7, 11) is -3.24. The van der Waals surface area contributed by atoms with E-state index in [1.165, 1.54) is 0 Å². The Morgan fingerprint density at radius 2 is 1.89 bits per heavy atom. The molecule has 2 aliphatic rings. The molecule has 0 radical (unpaired) electrons. The van der Waals surface area contributed by atoms with Gasteiger partial charge in [0.1, 0.15) is 11.2 Å². The molecule has 8 nitrogen and oxygen atoms in total. The second-order valence-electron chi connectivity index (χ2n) is 8.68. The summed E-state index contributed by atoms with van der Waals surface area (Å²) in [6.07, 6.45) is 4.61. The topological polar surface area (TPSA) is 101 Å². The summed E-state index contributed by atoms with van der Waals surface area (Å²) >= 11 is 0. The highest BCUT2D eigenvalue weighted by Crippen LogP contribution is 2.33. The lowest BCUT2D eigenvalue weighted by Crippen LogP contribution is -2.34. The van der Waals surface area contributed by atoms with Crippen LogP contribution in [0.25, 0.3) is 33.3 Å². The average Bonchev–Trinajstić information content (AvgIpc) is 2.86. The summed E-state index contributed by atoms with van der Waals surface area (Å²) in [5.74, 6) is 0.641. The van der Waals surface area contributed by atoms with Crippen molar-refractivity contribution < 1.29 is 12.8 Å². The number of sulfonamides is 1. The molecule has 1 N–H and O–H groups in total. The first-order chi connectivity index (χ1) is 17.3. The van der Waals surface area contributed by atoms with Crippen LogP contribution < -0.4 is 15.0 Å². The highest BCUT2D eigenvalue weighted by molar-refractivity contribution is 7.88. The summed E-state index contributed by atoms with van der Waals surface area (Å²) in [6.45, 7) is 5.62. The molecule has 184 valence electrons. The standard InChI is InChI=1S/C27H27N5O3S/c1-4-32(13-12-29-36(3,33)34)20-14-18(2)26-24(15-20)35-25-16-23(30-19-8-7-11-28-17-19)21-9-5-6-10-22(21)27(25)31-26/h5-11,14-17,29H,4,12-13H2,1-3H3/b30-23-. The highest BCUT2D eigenvalue weighted by atomic mass is 32.2. The molecule has 0 fully saturated rings. The Morgan fingerprint density at radius 3 is 2.61 bits per heavy atom. The van der Waals surface area contributed by atoms with E-state index in [4.69, 9.17) is 14.4 Å². The summed E-state index contributed by atoms with van der Waals surface area (Å²) in [5, 5.41) is 2.74. The average molecular weight is 502 g/mol. The van der Waals surface area contributed by atoms with E-state index in [0.29, 0.717) is 24.4 Å². The Morgan fingerprint density at radius 1 is 1.08 bits per heavy atom. The Hall–Kier alpha value is -3.82. The molecule has 0 atom stereocenters. The van der Waals surface area contributed by atoms with Gasteiger partial charge in [0.15, 0.2) is 11.3 Å². The zero-order chi connectivity index (χ0) is 25.3. The van der Waals surface area contributed by atoms with Crippen LogP contribution >= 0.6 is 0 Å². The lowest BCUT2D eigenvalue weighted by molar-refractivity contribution is 0.587. The molecule has 1 aromatic heterocycles. The van der Waals surface area contributed by atoms with Gasteiger partial charge in [0.05, 0.1) is 23.5 Å². The quantitative estimate of drug-likeness (QED) is 0.262. The van der Waals surface area contributed by atoms with Crippen LogP contribution in [-0.2, 0) is 10.0 Å². The molecule has 5 rings (SSSR count). The van der Waals surface area contributed by atoms with Crippen LogP contribution in [0.1, 0.15) is 12.5 Å². The predicted molar refractivity (Wildman–Crippen MR) is 143 cm³/mol. The fourth-order valence-corrected chi connectivity index (χ4v) is 4.82. The molecule has 3 aromatic rings. The van der Waals surface area contributed by atoms with Crippen molar-refractivity contribution in [1.82, 2.24) is 14.7 Å². The van der Waals surface area contributed by atoms with Crippen molar-refractivity contribution in [3.05, 3.63) is 77.9 Å². The maximum atomic E-state index is 11.5. The summed E-state index contributed by atoms with van der Waals surface area (Å²) in [6, 6.07) is 17.8. The monoisotopic (exact) mass is 501 g/mol. The van der Waals surface area contributed by atoms with Crippen molar-refractivity contribution in [3.63, 3.8) is 0 Å². The number of anilines is 1. The third-order valence-electron chi connectivity index (χ3n) is 6.04. The minimum atomic E-state index is -3.24. The molecule has 0 bridgehead atoms. The first-order valence-electron chi connectivity index (χ1n) is 11.7. The number of nitrogens with one attached hydrogen (secondary N) is 1. The third kappa shape index (κ3) is 4.93.